The smallest absolute Gasteiger partial charge is 0.264 e. The molecule has 2 N–H and O–H groups in total. The number of hydrogen-bond donors (Lipinski definition) is 2. The number of hydrogen-bond acceptors (Lipinski definition) is 2. The van der Waals surface area contributed by atoms with Crippen LogP contribution in [-0.4, -0.2) is 23.7 Å². The van der Waals surface area contributed by atoms with Crippen LogP contribution < -0.4 is 5.32 Å². The molecule has 1 unspecified atom stereocenters. The van der Waals surface area contributed by atoms with Crippen molar-refractivity contribution < 1.29 is 9.90 Å². The molecule has 0 aromatic heterocycles. The van der Waals surface area contributed by atoms with Gasteiger partial charge in [-0.1, -0.05) is 68.2 Å². The minimum atomic E-state index is -1.77. The molecule has 0 aliphatic carbocycles. The largest absolute Gasteiger partial charge is 0.369 e. The third-order valence-electron chi connectivity index (χ3n) is 4.65. The molecule has 2 aromatic carbocycles. The van der Waals surface area contributed by atoms with Crippen LogP contribution in [0.5, 0.6) is 0 Å². The van der Waals surface area contributed by atoms with Gasteiger partial charge in [0.15, 0.2) is 0 Å². The number of rotatable bonds is 4. The standard InChI is InChI=1S/C23H27NO2/c1-17-11-12-18(2)19(15-17)13-14-23(26,21(25)24-5)16-22(3,4)20-9-7-6-8-10-20/h6-12,15,26H,16H2,1-5H3,(H,24,25). The highest BCUT2D eigenvalue weighted by molar-refractivity contribution is 5.88. The number of amides is 1. The van der Waals surface area contributed by atoms with E-state index in [0.717, 1.165) is 22.3 Å². The van der Waals surface area contributed by atoms with Gasteiger partial charge in [0.25, 0.3) is 5.91 Å². The lowest BCUT2D eigenvalue weighted by Crippen LogP contribution is -2.48. The number of aryl methyl sites for hydroxylation is 2. The van der Waals surface area contributed by atoms with Gasteiger partial charge in [-0.25, -0.2) is 0 Å². The van der Waals surface area contributed by atoms with Gasteiger partial charge in [0.05, 0.1) is 0 Å². The molecule has 0 aliphatic heterocycles. The Labute approximate surface area is 156 Å². The lowest BCUT2D eigenvalue weighted by Gasteiger charge is -2.32. The summed E-state index contributed by atoms with van der Waals surface area (Å²) in [6.07, 6.45) is 0.196. The number of benzene rings is 2. The fourth-order valence-corrected chi connectivity index (χ4v) is 3.06. The number of carbonyl (C=O) groups is 1. The summed E-state index contributed by atoms with van der Waals surface area (Å²) in [5.74, 6) is 5.39. The Morgan fingerprint density at radius 1 is 1.12 bits per heavy atom. The minimum absolute atomic E-state index is 0.196. The molecule has 1 atom stereocenters. The predicted molar refractivity (Wildman–Crippen MR) is 106 cm³/mol. The van der Waals surface area contributed by atoms with E-state index >= 15 is 0 Å². The van der Waals surface area contributed by atoms with Crippen LogP contribution in [0.4, 0.5) is 0 Å². The van der Waals surface area contributed by atoms with Crippen molar-refractivity contribution in [3.8, 4) is 11.8 Å². The van der Waals surface area contributed by atoms with Gasteiger partial charge in [0.2, 0.25) is 5.60 Å². The second-order valence-corrected chi connectivity index (χ2v) is 7.43. The van der Waals surface area contributed by atoms with E-state index in [9.17, 15) is 9.90 Å². The first-order valence-corrected chi connectivity index (χ1v) is 8.78. The molecule has 0 spiro atoms. The first-order chi connectivity index (χ1) is 12.2. The summed E-state index contributed by atoms with van der Waals surface area (Å²) < 4.78 is 0. The van der Waals surface area contributed by atoms with Crippen molar-refractivity contribution in [1.82, 2.24) is 5.32 Å². The van der Waals surface area contributed by atoms with Gasteiger partial charge < -0.3 is 10.4 Å². The Morgan fingerprint density at radius 2 is 1.77 bits per heavy atom. The Kier molecular flexibility index (Phi) is 5.90. The summed E-state index contributed by atoms with van der Waals surface area (Å²) in [7, 11) is 1.52. The number of aliphatic hydroxyl groups is 1. The van der Waals surface area contributed by atoms with Gasteiger partial charge in [-0.05, 0) is 42.0 Å². The average molecular weight is 349 g/mol. The molecule has 0 bridgehead atoms. The van der Waals surface area contributed by atoms with Gasteiger partial charge >= 0.3 is 0 Å². The zero-order valence-corrected chi connectivity index (χ0v) is 16.2. The quantitative estimate of drug-likeness (QED) is 0.830. The van der Waals surface area contributed by atoms with E-state index in [4.69, 9.17) is 0 Å². The third kappa shape index (κ3) is 4.53. The predicted octanol–water partition coefficient (Wildman–Crippen LogP) is 3.50. The van der Waals surface area contributed by atoms with E-state index in [2.05, 4.69) is 17.2 Å². The van der Waals surface area contributed by atoms with Crippen molar-refractivity contribution in [2.24, 2.45) is 0 Å². The third-order valence-corrected chi connectivity index (χ3v) is 4.65. The first-order valence-electron chi connectivity index (χ1n) is 8.78. The molecule has 136 valence electrons. The van der Waals surface area contributed by atoms with E-state index in [-0.39, 0.29) is 6.42 Å². The summed E-state index contributed by atoms with van der Waals surface area (Å²) in [6.45, 7) is 7.98. The molecule has 3 nitrogen and oxygen atoms in total. The van der Waals surface area contributed by atoms with Crippen molar-refractivity contribution in [3.63, 3.8) is 0 Å². The van der Waals surface area contributed by atoms with Crippen LogP contribution in [0, 0.1) is 25.7 Å². The molecule has 26 heavy (non-hydrogen) atoms. The number of likely N-dealkylation sites (N-methyl/N-ethyl adjacent to an activating group) is 1. The molecule has 0 aliphatic rings. The van der Waals surface area contributed by atoms with Crippen LogP contribution >= 0.6 is 0 Å². The summed E-state index contributed by atoms with van der Waals surface area (Å²) in [4.78, 5) is 12.5. The molecule has 2 aromatic rings. The minimum Gasteiger partial charge on any atom is -0.369 e. The van der Waals surface area contributed by atoms with Gasteiger partial charge in [0, 0.05) is 19.0 Å². The average Bonchev–Trinajstić information content (AvgIpc) is 2.62. The molecule has 3 heteroatoms. The summed E-state index contributed by atoms with van der Waals surface area (Å²) in [5.41, 5.74) is 1.79. The molecular formula is C23H27NO2. The highest BCUT2D eigenvalue weighted by Gasteiger charge is 2.40. The highest BCUT2D eigenvalue weighted by atomic mass is 16.3. The second-order valence-electron chi connectivity index (χ2n) is 7.43. The van der Waals surface area contributed by atoms with Crippen molar-refractivity contribution >= 4 is 5.91 Å². The van der Waals surface area contributed by atoms with Crippen LogP contribution in [-0.2, 0) is 10.2 Å². The maximum absolute atomic E-state index is 12.5. The molecule has 0 fully saturated rings. The van der Waals surface area contributed by atoms with Gasteiger partial charge in [-0.3, -0.25) is 4.79 Å². The van der Waals surface area contributed by atoms with Crippen LogP contribution in [0.3, 0.4) is 0 Å². The van der Waals surface area contributed by atoms with Crippen molar-refractivity contribution in [2.45, 2.75) is 45.1 Å². The zero-order chi connectivity index (χ0) is 19.4. The maximum atomic E-state index is 12.5. The molecule has 0 heterocycles. The topological polar surface area (TPSA) is 49.3 Å². The lowest BCUT2D eigenvalue weighted by atomic mass is 9.75. The number of carbonyl (C=O) groups excluding carboxylic acids is 1. The fraction of sp³-hybridized carbons (Fsp3) is 0.348. The monoisotopic (exact) mass is 349 g/mol. The van der Waals surface area contributed by atoms with E-state index in [1.165, 1.54) is 7.05 Å². The van der Waals surface area contributed by atoms with E-state index in [1.54, 1.807) is 0 Å². The van der Waals surface area contributed by atoms with E-state index < -0.39 is 16.9 Å². The van der Waals surface area contributed by atoms with Crippen molar-refractivity contribution in [1.29, 1.82) is 0 Å². The van der Waals surface area contributed by atoms with Crippen LogP contribution in [0.15, 0.2) is 48.5 Å². The SMILES string of the molecule is CNC(=O)C(O)(C#Cc1cc(C)ccc1C)CC(C)(C)c1ccccc1. The normalized spacial score (nSPS) is 13.3. The van der Waals surface area contributed by atoms with Crippen molar-refractivity contribution in [2.75, 3.05) is 7.05 Å². The summed E-state index contributed by atoms with van der Waals surface area (Å²) in [6, 6.07) is 15.8. The Morgan fingerprint density at radius 3 is 2.38 bits per heavy atom. The summed E-state index contributed by atoms with van der Waals surface area (Å²) in [5, 5.41) is 13.7. The Balaban J connectivity index is 2.42. The Hall–Kier alpha value is -2.57. The van der Waals surface area contributed by atoms with Gasteiger partial charge in [-0.2, -0.15) is 0 Å². The van der Waals surface area contributed by atoms with E-state index in [0.29, 0.717) is 0 Å². The first kappa shape index (κ1) is 19.8. The van der Waals surface area contributed by atoms with E-state index in [1.807, 2.05) is 76.2 Å². The van der Waals surface area contributed by atoms with Gasteiger partial charge in [-0.15, -0.1) is 0 Å². The lowest BCUT2D eigenvalue weighted by molar-refractivity contribution is -0.135. The molecule has 0 radical (unpaired) electrons. The Bertz CT molecular complexity index is 844. The highest BCUT2D eigenvalue weighted by Crippen LogP contribution is 2.32. The van der Waals surface area contributed by atoms with Crippen LogP contribution in [0.2, 0.25) is 0 Å². The fourth-order valence-electron chi connectivity index (χ4n) is 3.06. The zero-order valence-electron chi connectivity index (χ0n) is 16.2. The molecule has 2 rings (SSSR count). The van der Waals surface area contributed by atoms with Crippen LogP contribution in [0.1, 0.15) is 42.5 Å². The molecule has 1 amide bonds. The van der Waals surface area contributed by atoms with Crippen molar-refractivity contribution in [3.05, 3.63) is 70.8 Å². The molecule has 0 saturated carbocycles. The maximum Gasteiger partial charge on any atom is 0.264 e. The number of nitrogens with one attached hydrogen (secondary N) is 1. The van der Waals surface area contributed by atoms with Gasteiger partial charge in [0.1, 0.15) is 0 Å². The second kappa shape index (κ2) is 7.76. The molecular weight excluding hydrogens is 322 g/mol. The summed E-state index contributed by atoms with van der Waals surface area (Å²) >= 11 is 0. The molecule has 0 saturated heterocycles. The van der Waals surface area contributed by atoms with Crippen LogP contribution in [0.25, 0.3) is 0 Å².